The molecule has 0 unspecified atom stereocenters. The summed E-state index contributed by atoms with van der Waals surface area (Å²) in [6.45, 7) is 9.07. The van der Waals surface area contributed by atoms with E-state index in [0.29, 0.717) is 18.3 Å². The predicted octanol–water partition coefficient (Wildman–Crippen LogP) is 3.68. The molecule has 1 aliphatic rings. The zero-order valence-electron chi connectivity index (χ0n) is 15.4. The van der Waals surface area contributed by atoms with Crippen LogP contribution >= 0.6 is 0 Å². The zero-order chi connectivity index (χ0) is 17.9. The summed E-state index contributed by atoms with van der Waals surface area (Å²) in [6.07, 6.45) is 0. The van der Waals surface area contributed by atoms with Crippen molar-refractivity contribution in [2.24, 2.45) is 0 Å². The number of anilines is 1. The molecule has 0 aliphatic carbocycles. The monoisotopic (exact) mass is 348 g/mol. The Morgan fingerprint density at radius 3 is 2.42 bits per heavy atom. The lowest BCUT2D eigenvalue weighted by molar-refractivity contribution is 0.227. The van der Waals surface area contributed by atoms with E-state index in [4.69, 9.17) is 4.42 Å². The molecule has 1 aromatic heterocycles. The maximum Gasteiger partial charge on any atom is 0.247 e. The van der Waals surface area contributed by atoms with Crippen molar-refractivity contribution in [1.29, 1.82) is 0 Å². The molecule has 0 spiro atoms. The van der Waals surface area contributed by atoms with Gasteiger partial charge in [-0.2, -0.15) is 0 Å². The van der Waals surface area contributed by atoms with E-state index in [1.165, 1.54) is 16.8 Å². The minimum absolute atomic E-state index is 0.592. The Labute approximate surface area is 154 Å². The molecule has 0 radical (unpaired) electrons. The van der Waals surface area contributed by atoms with Crippen molar-refractivity contribution >= 4 is 5.69 Å². The normalized spacial score (nSPS) is 15.4. The number of piperazine rings is 1. The SMILES string of the molecule is Cc1ccc(N2CCN(Cc3nnc(-c4ccccc4)o3)CC2)c(C)c1. The number of aryl methyl sites for hydroxylation is 2. The summed E-state index contributed by atoms with van der Waals surface area (Å²) in [6, 6.07) is 16.6. The van der Waals surface area contributed by atoms with Gasteiger partial charge in [0.25, 0.3) is 0 Å². The van der Waals surface area contributed by atoms with Gasteiger partial charge < -0.3 is 9.32 Å². The van der Waals surface area contributed by atoms with E-state index in [1.54, 1.807) is 0 Å². The third-order valence-electron chi connectivity index (χ3n) is 4.91. The van der Waals surface area contributed by atoms with Crippen LogP contribution in [0.15, 0.2) is 52.9 Å². The van der Waals surface area contributed by atoms with Gasteiger partial charge in [0.2, 0.25) is 11.8 Å². The quantitative estimate of drug-likeness (QED) is 0.720. The molecule has 3 aromatic rings. The number of aromatic nitrogens is 2. The number of hydrogen-bond donors (Lipinski definition) is 0. The fraction of sp³-hybridized carbons (Fsp3) is 0.333. The average Bonchev–Trinajstić information content (AvgIpc) is 3.12. The van der Waals surface area contributed by atoms with Crippen LogP contribution in [0.5, 0.6) is 0 Å². The number of hydrogen-bond acceptors (Lipinski definition) is 5. The molecule has 1 saturated heterocycles. The molecule has 0 saturated carbocycles. The molecule has 4 rings (SSSR count). The van der Waals surface area contributed by atoms with E-state index >= 15 is 0 Å². The Morgan fingerprint density at radius 2 is 1.69 bits per heavy atom. The molecule has 1 fully saturated rings. The summed E-state index contributed by atoms with van der Waals surface area (Å²) in [4.78, 5) is 4.84. The average molecular weight is 348 g/mol. The highest BCUT2D eigenvalue weighted by molar-refractivity contribution is 5.54. The van der Waals surface area contributed by atoms with Gasteiger partial charge in [0.15, 0.2) is 0 Å². The lowest BCUT2D eigenvalue weighted by atomic mass is 10.1. The van der Waals surface area contributed by atoms with Crippen LogP contribution in [-0.4, -0.2) is 41.3 Å². The Balaban J connectivity index is 1.36. The van der Waals surface area contributed by atoms with E-state index in [-0.39, 0.29) is 0 Å². The van der Waals surface area contributed by atoms with Crippen LogP contribution in [0.2, 0.25) is 0 Å². The minimum atomic E-state index is 0.592. The molecule has 1 aliphatic heterocycles. The molecule has 0 amide bonds. The second-order valence-electron chi connectivity index (χ2n) is 6.92. The van der Waals surface area contributed by atoms with Crippen LogP contribution < -0.4 is 4.90 Å². The topological polar surface area (TPSA) is 45.4 Å². The van der Waals surface area contributed by atoms with Gasteiger partial charge in [-0.3, -0.25) is 4.90 Å². The van der Waals surface area contributed by atoms with Crippen molar-refractivity contribution < 1.29 is 4.42 Å². The summed E-state index contributed by atoms with van der Waals surface area (Å²) >= 11 is 0. The maximum absolute atomic E-state index is 5.84. The van der Waals surface area contributed by atoms with E-state index in [0.717, 1.165) is 31.7 Å². The third-order valence-corrected chi connectivity index (χ3v) is 4.91. The van der Waals surface area contributed by atoms with Gasteiger partial charge in [-0.25, -0.2) is 0 Å². The summed E-state index contributed by atoms with van der Waals surface area (Å²) in [5.41, 5.74) is 4.98. The first kappa shape index (κ1) is 16.8. The highest BCUT2D eigenvalue weighted by Crippen LogP contribution is 2.23. The molecule has 26 heavy (non-hydrogen) atoms. The van der Waals surface area contributed by atoms with Crippen LogP contribution in [-0.2, 0) is 6.54 Å². The lowest BCUT2D eigenvalue weighted by Gasteiger charge is -2.36. The highest BCUT2D eigenvalue weighted by atomic mass is 16.4. The summed E-state index contributed by atoms with van der Waals surface area (Å²) in [5, 5.41) is 8.40. The van der Waals surface area contributed by atoms with Crippen molar-refractivity contribution in [3.05, 3.63) is 65.5 Å². The molecule has 5 heteroatoms. The van der Waals surface area contributed by atoms with Crippen molar-refractivity contribution in [3.63, 3.8) is 0 Å². The Hall–Kier alpha value is -2.66. The van der Waals surface area contributed by atoms with Gasteiger partial charge in [0.05, 0.1) is 6.54 Å². The Bertz CT molecular complexity index is 867. The molecule has 5 nitrogen and oxygen atoms in total. The Morgan fingerprint density at radius 1 is 0.923 bits per heavy atom. The van der Waals surface area contributed by atoms with Gasteiger partial charge in [-0.1, -0.05) is 35.9 Å². The van der Waals surface area contributed by atoms with Gasteiger partial charge in [-0.05, 0) is 37.6 Å². The van der Waals surface area contributed by atoms with E-state index < -0.39 is 0 Å². The first-order valence-electron chi connectivity index (χ1n) is 9.11. The maximum atomic E-state index is 5.84. The van der Waals surface area contributed by atoms with Crippen LogP contribution in [0, 0.1) is 13.8 Å². The van der Waals surface area contributed by atoms with Crippen LogP contribution in [0.4, 0.5) is 5.69 Å². The summed E-state index contributed by atoms with van der Waals surface area (Å²) in [5.74, 6) is 1.28. The number of rotatable bonds is 4. The molecule has 0 bridgehead atoms. The molecular formula is C21H24N4O. The predicted molar refractivity (Wildman–Crippen MR) is 103 cm³/mol. The largest absolute Gasteiger partial charge is 0.419 e. The van der Waals surface area contributed by atoms with Crippen molar-refractivity contribution in [1.82, 2.24) is 15.1 Å². The summed E-state index contributed by atoms with van der Waals surface area (Å²) in [7, 11) is 0. The smallest absolute Gasteiger partial charge is 0.247 e. The first-order chi connectivity index (χ1) is 12.7. The molecule has 2 aromatic carbocycles. The van der Waals surface area contributed by atoms with Gasteiger partial charge in [-0.15, -0.1) is 10.2 Å². The van der Waals surface area contributed by atoms with E-state index in [9.17, 15) is 0 Å². The second-order valence-corrected chi connectivity index (χ2v) is 6.92. The number of benzene rings is 2. The van der Waals surface area contributed by atoms with Gasteiger partial charge in [0, 0.05) is 37.4 Å². The fourth-order valence-corrected chi connectivity index (χ4v) is 3.51. The van der Waals surface area contributed by atoms with Gasteiger partial charge >= 0.3 is 0 Å². The molecule has 0 atom stereocenters. The van der Waals surface area contributed by atoms with Gasteiger partial charge in [0.1, 0.15) is 0 Å². The van der Waals surface area contributed by atoms with Crippen LogP contribution in [0.3, 0.4) is 0 Å². The van der Waals surface area contributed by atoms with Crippen LogP contribution in [0.1, 0.15) is 17.0 Å². The van der Waals surface area contributed by atoms with Crippen LogP contribution in [0.25, 0.3) is 11.5 Å². The second kappa shape index (κ2) is 7.30. The van der Waals surface area contributed by atoms with Crippen molar-refractivity contribution in [3.8, 4) is 11.5 Å². The molecule has 0 N–H and O–H groups in total. The number of nitrogens with zero attached hydrogens (tertiary/aromatic N) is 4. The molecular weight excluding hydrogens is 324 g/mol. The summed E-state index contributed by atoms with van der Waals surface area (Å²) < 4.78 is 5.84. The lowest BCUT2D eigenvalue weighted by Crippen LogP contribution is -2.46. The molecule has 2 heterocycles. The molecule has 134 valence electrons. The Kier molecular flexibility index (Phi) is 4.71. The van der Waals surface area contributed by atoms with E-state index in [2.05, 4.69) is 52.0 Å². The first-order valence-corrected chi connectivity index (χ1v) is 9.11. The highest BCUT2D eigenvalue weighted by Gasteiger charge is 2.20. The fourth-order valence-electron chi connectivity index (χ4n) is 3.51. The van der Waals surface area contributed by atoms with Crippen molar-refractivity contribution in [2.75, 3.05) is 31.1 Å². The third kappa shape index (κ3) is 3.63. The standard InChI is InChI=1S/C21H24N4O/c1-16-8-9-19(17(2)14-16)25-12-10-24(11-13-25)15-20-22-23-21(26-20)18-6-4-3-5-7-18/h3-9,14H,10-13,15H2,1-2H3. The van der Waals surface area contributed by atoms with Crippen molar-refractivity contribution in [2.45, 2.75) is 20.4 Å². The zero-order valence-corrected chi connectivity index (χ0v) is 15.4. The minimum Gasteiger partial charge on any atom is -0.419 e. The van der Waals surface area contributed by atoms with E-state index in [1.807, 2.05) is 30.3 Å².